The van der Waals surface area contributed by atoms with Crippen LogP contribution in [-0.2, 0) is 11.3 Å². The summed E-state index contributed by atoms with van der Waals surface area (Å²) in [6.07, 6.45) is 2.49. The molecule has 0 bridgehead atoms. The first-order valence-corrected chi connectivity index (χ1v) is 7.94. The van der Waals surface area contributed by atoms with Crippen molar-refractivity contribution in [2.75, 3.05) is 13.2 Å². The van der Waals surface area contributed by atoms with Crippen molar-refractivity contribution in [2.24, 2.45) is 5.92 Å². The molecule has 1 aliphatic carbocycles. The molecule has 0 aliphatic heterocycles. The van der Waals surface area contributed by atoms with E-state index in [9.17, 15) is 9.59 Å². The van der Waals surface area contributed by atoms with Crippen LogP contribution >= 0.6 is 0 Å². The normalized spacial score (nSPS) is 21.0. The Morgan fingerprint density at radius 3 is 2.52 bits per heavy atom. The van der Waals surface area contributed by atoms with E-state index in [1.807, 2.05) is 19.1 Å². The van der Waals surface area contributed by atoms with E-state index < -0.39 is 5.97 Å². The maximum absolute atomic E-state index is 12.4. The van der Waals surface area contributed by atoms with Crippen molar-refractivity contribution >= 4 is 12.0 Å². The average Bonchev–Trinajstić information content (AvgIpc) is 2.92. The van der Waals surface area contributed by atoms with Gasteiger partial charge in [0.1, 0.15) is 11.5 Å². The second-order valence-electron chi connectivity index (χ2n) is 5.99. The van der Waals surface area contributed by atoms with Crippen molar-refractivity contribution < 1.29 is 24.2 Å². The molecule has 1 fully saturated rings. The summed E-state index contributed by atoms with van der Waals surface area (Å²) in [6.45, 7) is 2.22. The maximum atomic E-state index is 12.4. The van der Waals surface area contributed by atoms with Crippen molar-refractivity contribution in [1.29, 1.82) is 0 Å². The number of aryl methyl sites for hydroxylation is 1. The highest BCUT2D eigenvalue weighted by atomic mass is 16.4. The Balaban J connectivity index is 1.87. The molecule has 128 valence electrons. The largest absolute Gasteiger partial charge is 0.481 e. The van der Waals surface area contributed by atoms with Gasteiger partial charge >= 0.3 is 12.0 Å². The zero-order chi connectivity index (χ0) is 16.8. The van der Waals surface area contributed by atoms with Crippen LogP contribution in [0.3, 0.4) is 0 Å². The Bertz CT molecular complexity index is 534. The minimum absolute atomic E-state index is 0.0161. The third kappa shape index (κ3) is 4.99. The first kappa shape index (κ1) is 17.3. The van der Waals surface area contributed by atoms with E-state index in [-0.39, 0.29) is 31.1 Å². The highest BCUT2D eigenvalue weighted by Crippen LogP contribution is 2.24. The Morgan fingerprint density at radius 1 is 1.30 bits per heavy atom. The predicted octanol–water partition coefficient (Wildman–Crippen LogP) is 1.74. The number of aliphatic hydroxyl groups excluding tert-OH is 1. The number of furan rings is 1. The van der Waals surface area contributed by atoms with Crippen LogP contribution in [0.2, 0.25) is 0 Å². The summed E-state index contributed by atoms with van der Waals surface area (Å²) in [5.41, 5.74) is 0. The molecule has 0 spiro atoms. The molecular weight excluding hydrogens is 300 g/mol. The number of nitrogens with one attached hydrogen (secondary N) is 1. The number of hydrogen-bond donors (Lipinski definition) is 3. The smallest absolute Gasteiger partial charge is 0.318 e. The average molecular weight is 324 g/mol. The number of rotatable bonds is 6. The molecule has 0 aromatic carbocycles. The molecule has 0 atom stereocenters. The van der Waals surface area contributed by atoms with Crippen LogP contribution in [0.5, 0.6) is 0 Å². The van der Waals surface area contributed by atoms with Crippen LogP contribution in [-0.4, -0.2) is 46.3 Å². The van der Waals surface area contributed by atoms with E-state index in [4.69, 9.17) is 14.6 Å². The summed E-state index contributed by atoms with van der Waals surface area (Å²) in [5.74, 6) is 0.379. The molecule has 1 aromatic rings. The molecule has 7 nitrogen and oxygen atoms in total. The lowest BCUT2D eigenvalue weighted by Crippen LogP contribution is -2.46. The highest BCUT2D eigenvalue weighted by Gasteiger charge is 2.27. The minimum Gasteiger partial charge on any atom is -0.481 e. The number of nitrogens with zero attached hydrogens (tertiary/aromatic N) is 1. The van der Waals surface area contributed by atoms with Gasteiger partial charge in [-0.3, -0.25) is 4.79 Å². The van der Waals surface area contributed by atoms with E-state index >= 15 is 0 Å². The highest BCUT2D eigenvalue weighted by molar-refractivity contribution is 5.74. The molecule has 2 amide bonds. The van der Waals surface area contributed by atoms with Gasteiger partial charge in [-0.15, -0.1) is 0 Å². The van der Waals surface area contributed by atoms with Crippen molar-refractivity contribution in [3.63, 3.8) is 0 Å². The quantitative estimate of drug-likeness (QED) is 0.739. The Labute approximate surface area is 135 Å². The summed E-state index contributed by atoms with van der Waals surface area (Å²) in [5, 5.41) is 21.1. The molecule has 1 heterocycles. The van der Waals surface area contributed by atoms with Gasteiger partial charge < -0.3 is 24.8 Å². The summed E-state index contributed by atoms with van der Waals surface area (Å²) in [6, 6.07) is 3.37. The lowest BCUT2D eigenvalue weighted by atomic mass is 9.86. The molecule has 7 heteroatoms. The van der Waals surface area contributed by atoms with Crippen LogP contribution in [0, 0.1) is 12.8 Å². The summed E-state index contributed by atoms with van der Waals surface area (Å²) < 4.78 is 5.47. The number of hydrogen-bond acceptors (Lipinski definition) is 4. The molecule has 3 N–H and O–H groups in total. The Kier molecular flexibility index (Phi) is 6.04. The van der Waals surface area contributed by atoms with Gasteiger partial charge in [0.2, 0.25) is 0 Å². The number of carbonyl (C=O) groups is 2. The van der Waals surface area contributed by atoms with Gasteiger partial charge in [-0.1, -0.05) is 0 Å². The first-order valence-electron chi connectivity index (χ1n) is 7.94. The number of aliphatic hydroxyl groups is 1. The van der Waals surface area contributed by atoms with Crippen molar-refractivity contribution in [3.05, 3.63) is 23.7 Å². The van der Waals surface area contributed by atoms with Crippen LogP contribution in [0.4, 0.5) is 4.79 Å². The molecule has 0 radical (unpaired) electrons. The number of carbonyl (C=O) groups excluding carboxylic acids is 1. The molecule has 0 unspecified atom stereocenters. The number of carboxylic acid groups (broad SMARTS) is 1. The fraction of sp³-hybridized carbons (Fsp3) is 0.625. The van der Waals surface area contributed by atoms with E-state index in [1.54, 1.807) is 0 Å². The van der Waals surface area contributed by atoms with Crippen molar-refractivity contribution in [2.45, 2.75) is 45.2 Å². The van der Waals surface area contributed by atoms with Gasteiger partial charge in [-0.25, -0.2) is 4.79 Å². The van der Waals surface area contributed by atoms with Crippen molar-refractivity contribution in [3.8, 4) is 0 Å². The molecule has 0 saturated heterocycles. The van der Waals surface area contributed by atoms with Gasteiger partial charge in [-0.2, -0.15) is 0 Å². The number of urea groups is 1. The molecule has 1 aromatic heterocycles. The maximum Gasteiger partial charge on any atom is 0.318 e. The molecule has 1 saturated carbocycles. The molecular formula is C16H24N2O5. The van der Waals surface area contributed by atoms with Crippen LogP contribution < -0.4 is 5.32 Å². The van der Waals surface area contributed by atoms with Gasteiger partial charge in [-0.05, 0) is 44.7 Å². The van der Waals surface area contributed by atoms with Gasteiger partial charge in [0, 0.05) is 12.6 Å². The fourth-order valence-corrected chi connectivity index (χ4v) is 2.88. The minimum atomic E-state index is -0.759. The monoisotopic (exact) mass is 324 g/mol. The van der Waals surface area contributed by atoms with E-state index in [0.717, 1.165) is 5.76 Å². The summed E-state index contributed by atoms with van der Waals surface area (Å²) >= 11 is 0. The number of amides is 2. The second kappa shape index (κ2) is 8.01. The van der Waals surface area contributed by atoms with E-state index in [1.165, 1.54) is 4.90 Å². The van der Waals surface area contributed by atoms with E-state index in [0.29, 0.717) is 38.0 Å². The fourth-order valence-electron chi connectivity index (χ4n) is 2.88. The van der Waals surface area contributed by atoms with Crippen LogP contribution in [0.25, 0.3) is 0 Å². The summed E-state index contributed by atoms with van der Waals surface area (Å²) in [7, 11) is 0. The topological polar surface area (TPSA) is 103 Å². The SMILES string of the molecule is Cc1ccc(CN(CCO)C(=O)NC2CCC(C(=O)O)CC2)o1. The van der Waals surface area contributed by atoms with Gasteiger partial charge in [0.25, 0.3) is 0 Å². The standard InChI is InChI=1S/C16H24N2O5/c1-11-2-7-14(23-11)10-18(8-9-19)16(22)17-13-5-3-12(4-6-13)15(20)21/h2,7,12-13,19H,3-6,8-10H2,1H3,(H,17,22)(H,20,21). The summed E-state index contributed by atoms with van der Waals surface area (Å²) in [4.78, 5) is 24.8. The third-order valence-corrected chi connectivity index (χ3v) is 4.20. The van der Waals surface area contributed by atoms with Crippen LogP contribution in [0.15, 0.2) is 16.5 Å². The Morgan fingerprint density at radius 2 is 2.00 bits per heavy atom. The van der Waals surface area contributed by atoms with Crippen LogP contribution in [0.1, 0.15) is 37.2 Å². The molecule has 2 rings (SSSR count). The zero-order valence-corrected chi connectivity index (χ0v) is 13.3. The lowest BCUT2D eigenvalue weighted by molar-refractivity contribution is -0.142. The van der Waals surface area contributed by atoms with Gasteiger partial charge in [0.05, 0.1) is 19.1 Å². The lowest BCUT2D eigenvalue weighted by Gasteiger charge is -2.29. The zero-order valence-electron chi connectivity index (χ0n) is 13.3. The number of carboxylic acids is 1. The molecule has 1 aliphatic rings. The predicted molar refractivity (Wildman–Crippen MR) is 82.9 cm³/mol. The third-order valence-electron chi connectivity index (χ3n) is 4.20. The van der Waals surface area contributed by atoms with Gasteiger partial charge in [0.15, 0.2) is 0 Å². The molecule has 23 heavy (non-hydrogen) atoms. The Hall–Kier alpha value is -2.02. The van der Waals surface area contributed by atoms with Crippen molar-refractivity contribution in [1.82, 2.24) is 10.2 Å². The second-order valence-corrected chi connectivity index (χ2v) is 5.99. The number of aliphatic carboxylic acids is 1. The van der Waals surface area contributed by atoms with E-state index in [2.05, 4.69) is 5.32 Å². The first-order chi connectivity index (χ1) is 11.0.